The molecule has 2 atom stereocenters. The fourth-order valence-electron chi connectivity index (χ4n) is 1.89. The van der Waals surface area contributed by atoms with Crippen molar-refractivity contribution in [2.75, 3.05) is 0 Å². The van der Waals surface area contributed by atoms with Crippen LogP contribution in [0.25, 0.3) is 0 Å². The number of amides is 2. The lowest BCUT2D eigenvalue weighted by atomic mass is 10.1. The summed E-state index contributed by atoms with van der Waals surface area (Å²) >= 11 is 0. The summed E-state index contributed by atoms with van der Waals surface area (Å²) in [5.41, 5.74) is -0.0561. The highest BCUT2D eigenvalue weighted by molar-refractivity contribution is 6.10. The molecule has 0 aromatic heterocycles. The number of nitrogens with one attached hydrogen (secondary N) is 1. The minimum Gasteiger partial charge on any atom is -0.296 e. The van der Waals surface area contributed by atoms with Crippen LogP contribution in [0.3, 0.4) is 0 Å². The second-order valence-electron chi connectivity index (χ2n) is 3.63. The van der Waals surface area contributed by atoms with Crippen LogP contribution in [0.1, 0.15) is 13.8 Å². The highest BCUT2D eigenvalue weighted by Gasteiger charge is 2.69. The Morgan fingerprint density at radius 3 is 1.73 bits per heavy atom. The fourth-order valence-corrected chi connectivity index (χ4v) is 1.89. The number of hydrogen-bond donors (Lipinski definition) is 1. The molecule has 1 saturated heterocycles. The maximum Gasteiger partial charge on any atom is 0.231 e. The molecule has 2 unspecified atom stereocenters. The second kappa shape index (κ2) is 1.97. The first kappa shape index (κ1) is 8.53. The van der Waals surface area contributed by atoms with E-state index in [1.807, 2.05) is 13.8 Å². The molecule has 62 valence electrons. The first-order valence-electron chi connectivity index (χ1n) is 3.40. The Balaban J connectivity index is 0.000000605. The zero-order valence-corrected chi connectivity index (χ0v) is 7.20. The molecule has 0 aromatic carbocycles. The number of carbonyl (C=O) groups excluding carboxylic acids is 2. The molecule has 1 aliphatic heterocycles. The molecule has 1 N–H and O–H groups in total. The van der Waals surface area contributed by atoms with Crippen molar-refractivity contribution in [2.45, 2.75) is 13.8 Å². The van der Waals surface area contributed by atoms with Crippen molar-refractivity contribution in [1.82, 2.24) is 5.32 Å². The van der Waals surface area contributed by atoms with E-state index in [-0.39, 0.29) is 41.5 Å². The van der Waals surface area contributed by atoms with E-state index in [1.165, 1.54) is 0 Å². The van der Waals surface area contributed by atoms with E-state index in [1.54, 1.807) is 0 Å². The Morgan fingerprint density at radius 2 is 1.55 bits per heavy atom. The molecule has 4 heteroatoms. The smallest absolute Gasteiger partial charge is 0.231 e. The van der Waals surface area contributed by atoms with Gasteiger partial charge in [-0.15, -0.1) is 12.4 Å². The molecule has 2 amide bonds. The molecule has 0 aromatic rings. The van der Waals surface area contributed by atoms with Crippen LogP contribution in [0.4, 0.5) is 0 Å². The summed E-state index contributed by atoms with van der Waals surface area (Å²) < 4.78 is 0. The number of hydrogen-bond acceptors (Lipinski definition) is 2. The van der Waals surface area contributed by atoms with Gasteiger partial charge in [-0.05, 0) is 5.41 Å². The van der Waals surface area contributed by atoms with Crippen molar-refractivity contribution in [3.8, 4) is 0 Å². The molecule has 0 spiro atoms. The summed E-state index contributed by atoms with van der Waals surface area (Å²) in [7, 11) is 0. The molecular formula is C7H10ClNO2. The second-order valence-corrected chi connectivity index (χ2v) is 3.63. The third-order valence-electron chi connectivity index (χ3n) is 2.64. The van der Waals surface area contributed by atoms with Gasteiger partial charge in [0.1, 0.15) is 0 Å². The predicted molar refractivity (Wildman–Crippen MR) is 41.2 cm³/mol. The van der Waals surface area contributed by atoms with Crippen molar-refractivity contribution in [2.24, 2.45) is 17.3 Å². The van der Waals surface area contributed by atoms with E-state index in [0.29, 0.717) is 0 Å². The molecule has 0 radical (unpaired) electrons. The lowest BCUT2D eigenvalue weighted by molar-refractivity contribution is -0.128. The lowest BCUT2D eigenvalue weighted by Gasteiger charge is -2.05. The van der Waals surface area contributed by atoms with Gasteiger partial charge in [-0.2, -0.15) is 0 Å². The Labute approximate surface area is 70.9 Å². The van der Waals surface area contributed by atoms with Crippen LogP contribution in [0.5, 0.6) is 0 Å². The number of carbonyl (C=O) groups is 2. The van der Waals surface area contributed by atoms with Crippen molar-refractivity contribution < 1.29 is 9.59 Å². The Morgan fingerprint density at radius 1 is 1.18 bits per heavy atom. The SMILES string of the molecule is CC1(C)C2C(=O)NC(=O)C21.Cl. The molecule has 2 fully saturated rings. The molecule has 1 heterocycles. The number of imide groups is 1. The highest BCUT2D eigenvalue weighted by Crippen LogP contribution is 2.60. The third-order valence-corrected chi connectivity index (χ3v) is 2.64. The first-order valence-corrected chi connectivity index (χ1v) is 3.40. The van der Waals surface area contributed by atoms with Crippen molar-refractivity contribution in [3.05, 3.63) is 0 Å². The van der Waals surface area contributed by atoms with Crippen LogP contribution in [0.15, 0.2) is 0 Å². The first-order chi connectivity index (χ1) is 4.55. The summed E-state index contributed by atoms with van der Waals surface area (Å²) in [5.74, 6) is -0.222. The summed E-state index contributed by atoms with van der Waals surface area (Å²) in [6.45, 7) is 3.91. The average molecular weight is 176 g/mol. The van der Waals surface area contributed by atoms with Gasteiger partial charge in [0, 0.05) is 0 Å². The lowest BCUT2D eigenvalue weighted by Crippen LogP contribution is -2.29. The van der Waals surface area contributed by atoms with Gasteiger partial charge in [-0.25, -0.2) is 0 Å². The van der Waals surface area contributed by atoms with Crippen molar-refractivity contribution in [3.63, 3.8) is 0 Å². The van der Waals surface area contributed by atoms with Gasteiger partial charge in [0.05, 0.1) is 11.8 Å². The summed E-state index contributed by atoms with van der Waals surface area (Å²) in [4.78, 5) is 21.8. The number of rotatable bonds is 0. The summed E-state index contributed by atoms with van der Waals surface area (Å²) in [5, 5.41) is 2.29. The van der Waals surface area contributed by atoms with Crippen LogP contribution in [-0.2, 0) is 9.59 Å². The number of halogens is 1. The summed E-state index contributed by atoms with van der Waals surface area (Å²) in [6.07, 6.45) is 0. The van der Waals surface area contributed by atoms with E-state index in [2.05, 4.69) is 5.32 Å². The fraction of sp³-hybridized carbons (Fsp3) is 0.714. The topological polar surface area (TPSA) is 46.2 Å². The van der Waals surface area contributed by atoms with Crippen molar-refractivity contribution >= 4 is 24.2 Å². The van der Waals surface area contributed by atoms with Crippen LogP contribution < -0.4 is 5.32 Å². The maximum absolute atomic E-state index is 10.9. The van der Waals surface area contributed by atoms with Gasteiger partial charge < -0.3 is 0 Å². The van der Waals surface area contributed by atoms with Crippen LogP contribution >= 0.6 is 12.4 Å². The van der Waals surface area contributed by atoms with Gasteiger partial charge in [-0.1, -0.05) is 13.8 Å². The minimum absolute atomic E-state index is 0. The van der Waals surface area contributed by atoms with Gasteiger partial charge in [-0.3, -0.25) is 14.9 Å². The standard InChI is InChI=1S/C7H9NO2.ClH/c1-7(2)3-4(7)6(10)8-5(3)9;/h3-4H,1-2H3,(H,8,9,10);1H. The van der Waals surface area contributed by atoms with Crippen molar-refractivity contribution in [1.29, 1.82) is 0 Å². The zero-order chi connectivity index (χ0) is 7.52. The van der Waals surface area contributed by atoms with Gasteiger partial charge >= 0.3 is 0 Å². The zero-order valence-electron chi connectivity index (χ0n) is 6.38. The maximum atomic E-state index is 10.9. The monoisotopic (exact) mass is 175 g/mol. The van der Waals surface area contributed by atoms with Gasteiger partial charge in [0.25, 0.3) is 0 Å². The van der Waals surface area contributed by atoms with E-state index in [9.17, 15) is 9.59 Å². The molecule has 2 rings (SSSR count). The molecule has 2 aliphatic rings. The highest BCUT2D eigenvalue weighted by atomic mass is 35.5. The average Bonchev–Trinajstić information content (AvgIpc) is 2.17. The van der Waals surface area contributed by atoms with Crippen LogP contribution in [0, 0.1) is 17.3 Å². The van der Waals surface area contributed by atoms with Gasteiger partial charge in [0.15, 0.2) is 0 Å². The quantitative estimate of drug-likeness (QED) is 0.540. The largest absolute Gasteiger partial charge is 0.296 e. The van der Waals surface area contributed by atoms with Gasteiger partial charge in [0.2, 0.25) is 11.8 Å². The van der Waals surface area contributed by atoms with E-state index >= 15 is 0 Å². The molecule has 11 heavy (non-hydrogen) atoms. The normalized spacial score (nSPS) is 37.3. The van der Waals surface area contributed by atoms with E-state index in [0.717, 1.165) is 0 Å². The number of fused-ring (bicyclic) bond motifs is 1. The Hall–Kier alpha value is -0.570. The summed E-state index contributed by atoms with van der Waals surface area (Å²) in [6, 6.07) is 0. The Bertz CT molecular complexity index is 215. The van der Waals surface area contributed by atoms with Crippen LogP contribution in [0.2, 0.25) is 0 Å². The van der Waals surface area contributed by atoms with Crippen LogP contribution in [-0.4, -0.2) is 11.8 Å². The van der Waals surface area contributed by atoms with E-state index in [4.69, 9.17) is 0 Å². The minimum atomic E-state index is -0.0833. The molecular weight excluding hydrogens is 166 g/mol. The van der Waals surface area contributed by atoms with E-state index < -0.39 is 0 Å². The molecule has 3 nitrogen and oxygen atoms in total. The predicted octanol–water partition coefficient (Wildman–Crippen LogP) is 0.337. The molecule has 1 aliphatic carbocycles. The molecule has 1 saturated carbocycles. The third kappa shape index (κ3) is 0.805. The Kier molecular flexibility index (Phi) is 1.53. The number of piperidine rings is 1. The molecule has 0 bridgehead atoms.